The molecule has 0 unspecified atom stereocenters. The van der Waals surface area contributed by atoms with Crippen molar-refractivity contribution in [2.24, 2.45) is 0 Å². The van der Waals surface area contributed by atoms with Gasteiger partial charge < -0.3 is 4.98 Å². The molecular weight excluding hydrogens is 350 g/mol. The first-order valence-corrected chi connectivity index (χ1v) is 7.09. The summed E-state index contributed by atoms with van der Waals surface area (Å²) in [6.07, 6.45) is 2.97. The largest absolute Gasteiger partial charge is 0.356 e. The fourth-order valence-corrected chi connectivity index (χ4v) is 2.15. The van der Waals surface area contributed by atoms with Crippen LogP contribution < -0.4 is 10.9 Å². The third-order valence-electron chi connectivity index (χ3n) is 2.86. The van der Waals surface area contributed by atoms with Gasteiger partial charge in [-0.25, -0.2) is 4.98 Å². The van der Waals surface area contributed by atoms with Crippen molar-refractivity contribution in [1.82, 2.24) is 25.8 Å². The van der Waals surface area contributed by atoms with Crippen LogP contribution in [0.15, 0.2) is 47.2 Å². The van der Waals surface area contributed by atoms with E-state index in [0.29, 0.717) is 16.7 Å². The molecule has 0 saturated carbocycles. The molecule has 0 aliphatic heterocycles. The number of nitrogens with one attached hydrogen (secondary N) is 3. The topological polar surface area (TPSA) is 99.8 Å². The summed E-state index contributed by atoms with van der Waals surface area (Å²) in [5.74, 6) is -1.01. The second kappa shape index (κ2) is 5.94. The molecule has 0 fully saturated rings. The Kier molecular flexibility index (Phi) is 3.84. The molecule has 0 radical (unpaired) electrons. The molecule has 0 aliphatic carbocycles. The van der Waals surface area contributed by atoms with Crippen molar-refractivity contribution in [2.45, 2.75) is 0 Å². The zero-order valence-corrected chi connectivity index (χ0v) is 12.7. The average molecular weight is 360 g/mol. The van der Waals surface area contributed by atoms with Gasteiger partial charge in [-0.05, 0) is 34.1 Å². The Morgan fingerprint density at radius 2 is 1.82 bits per heavy atom. The molecule has 3 N–H and O–H groups in total. The first-order valence-electron chi connectivity index (χ1n) is 6.30. The number of rotatable bonds is 2. The highest BCUT2D eigenvalue weighted by Gasteiger charge is 2.12. The molecule has 3 rings (SSSR count). The smallest absolute Gasteiger partial charge is 0.289 e. The molecule has 2 heterocycles. The number of amides is 2. The minimum Gasteiger partial charge on any atom is -0.356 e. The summed E-state index contributed by atoms with van der Waals surface area (Å²) in [6.45, 7) is 0. The van der Waals surface area contributed by atoms with Crippen molar-refractivity contribution in [3.63, 3.8) is 0 Å². The highest BCUT2D eigenvalue weighted by Crippen LogP contribution is 2.10. The molecular formula is C14H10BrN5O2. The number of aromatic amines is 1. The van der Waals surface area contributed by atoms with Gasteiger partial charge in [-0.1, -0.05) is 12.1 Å². The molecule has 0 aliphatic rings. The van der Waals surface area contributed by atoms with Gasteiger partial charge in [0.05, 0.1) is 17.2 Å². The minimum atomic E-state index is -0.544. The van der Waals surface area contributed by atoms with Crippen LogP contribution in [0.4, 0.5) is 0 Å². The van der Waals surface area contributed by atoms with Crippen LogP contribution in [0.5, 0.6) is 0 Å². The van der Waals surface area contributed by atoms with Gasteiger partial charge in [-0.15, -0.1) is 0 Å². The molecule has 0 bridgehead atoms. The normalized spacial score (nSPS) is 10.4. The van der Waals surface area contributed by atoms with E-state index in [1.54, 1.807) is 24.4 Å². The van der Waals surface area contributed by atoms with E-state index < -0.39 is 11.8 Å². The summed E-state index contributed by atoms with van der Waals surface area (Å²) in [7, 11) is 0. The van der Waals surface area contributed by atoms with Crippen molar-refractivity contribution in [3.05, 3.63) is 58.6 Å². The first kappa shape index (κ1) is 14.2. The van der Waals surface area contributed by atoms with Crippen molar-refractivity contribution in [1.29, 1.82) is 0 Å². The highest BCUT2D eigenvalue weighted by molar-refractivity contribution is 9.10. The van der Waals surface area contributed by atoms with Crippen molar-refractivity contribution >= 4 is 38.8 Å². The monoisotopic (exact) mass is 359 g/mol. The van der Waals surface area contributed by atoms with E-state index >= 15 is 0 Å². The van der Waals surface area contributed by atoms with Crippen molar-refractivity contribution in [3.8, 4) is 0 Å². The summed E-state index contributed by atoms with van der Waals surface area (Å²) in [5.41, 5.74) is 6.33. The number of nitrogens with zero attached hydrogens (tertiary/aromatic N) is 2. The van der Waals surface area contributed by atoms with Gasteiger partial charge >= 0.3 is 0 Å². The van der Waals surface area contributed by atoms with Crippen LogP contribution in [0.2, 0.25) is 0 Å². The number of hydrazine groups is 1. The van der Waals surface area contributed by atoms with Gasteiger partial charge in [0, 0.05) is 10.7 Å². The van der Waals surface area contributed by atoms with E-state index in [4.69, 9.17) is 0 Å². The molecule has 2 amide bonds. The predicted octanol–water partition coefficient (Wildman–Crippen LogP) is 1.80. The lowest BCUT2D eigenvalue weighted by molar-refractivity contribution is 0.0841. The van der Waals surface area contributed by atoms with Gasteiger partial charge in [0.15, 0.2) is 0 Å². The molecule has 110 valence electrons. The van der Waals surface area contributed by atoms with E-state index in [0.717, 1.165) is 4.47 Å². The maximum atomic E-state index is 12.0. The third-order valence-corrected chi connectivity index (χ3v) is 3.32. The zero-order valence-electron chi connectivity index (χ0n) is 11.1. The van der Waals surface area contributed by atoms with Gasteiger partial charge in [-0.3, -0.25) is 25.4 Å². The Labute approximate surface area is 133 Å². The summed E-state index contributed by atoms with van der Waals surface area (Å²) < 4.78 is 0.740. The predicted molar refractivity (Wildman–Crippen MR) is 83.0 cm³/mol. The molecule has 7 nitrogen and oxygen atoms in total. The number of fused-ring (bicyclic) bond motifs is 1. The number of hydrogen-bond acceptors (Lipinski definition) is 4. The zero-order chi connectivity index (χ0) is 15.5. The average Bonchev–Trinajstić information content (AvgIpc) is 2.98. The SMILES string of the molecule is O=C(NNC(=O)c1cc(Br)c[nH]1)c1cnc2ccccc2n1. The van der Waals surface area contributed by atoms with Crippen LogP contribution in [-0.4, -0.2) is 26.8 Å². The second-order valence-electron chi connectivity index (χ2n) is 4.38. The van der Waals surface area contributed by atoms with Crippen molar-refractivity contribution < 1.29 is 9.59 Å². The summed E-state index contributed by atoms with van der Waals surface area (Å²) in [6, 6.07) is 8.80. The van der Waals surface area contributed by atoms with Crippen LogP contribution in [0.25, 0.3) is 11.0 Å². The lowest BCUT2D eigenvalue weighted by Gasteiger charge is -2.06. The minimum absolute atomic E-state index is 0.117. The van der Waals surface area contributed by atoms with E-state index in [9.17, 15) is 9.59 Å². The first-order chi connectivity index (χ1) is 10.6. The fraction of sp³-hybridized carbons (Fsp3) is 0. The summed E-state index contributed by atoms with van der Waals surface area (Å²) in [4.78, 5) is 34.9. The van der Waals surface area contributed by atoms with Crippen LogP contribution in [0.3, 0.4) is 0 Å². The van der Waals surface area contributed by atoms with Gasteiger partial charge in [-0.2, -0.15) is 0 Å². The molecule has 3 aromatic rings. The Balaban J connectivity index is 1.69. The Hall–Kier alpha value is -2.74. The van der Waals surface area contributed by atoms with E-state index in [2.05, 4.69) is 41.7 Å². The van der Waals surface area contributed by atoms with Crippen LogP contribution in [-0.2, 0) is 0 Å². The number of carbonyl (C=O) groups is 2. The molecule has 22 heavy (non-hydrogen) atoms. The summed E-state index contributed by atoms with van der Waals surface area (Å²) in [5, 5.41) is 0. The quantitative estimate of drug-likeness (QED) is 0.607. The maximum Gasteiger partial charge on any atom is 0.289 e. The van der Waals surface area contributed by atoms with Gasteiger partial charge in [0.1, 0.15) is 11.4 Å². The van der Waals surface area contributed by atoms with E-state index in [-0.39, 0.29) is 5.69 Å². The number of para-hydroxylation sites is 2. The second-order valence-corrected chi connectivity index (χ2v) is 5.30. The number of H-pyrrole nitrogens is 1. The van der Waals surface area contributed by atoms with Crippen LogP contribution >= 0.6 is 15.9 Å². The molecule has 0 atom stereocenters. The number of carbonyl (C=O) groups excluding carboxylic acids is 2. The summed E-state index contributed by atoms with van der Waals surface area (Å²) >= 11 is 3.22. The lowest BCUT2D eigenvalue weighted by Crippen LogP contribution is -2.42. The van der Waals surface area contributed by atoms with Crippen LogP contribution in [0.1, 0.15) is 21.0 Å². The lowest BCUT2D eigenvalue weighted by atomic mass is 10.3. The number of hydrogen-bond donors (Lipinski definition) is 3. The molecule has 1 aromatic carbocycles. The van der Waals surface area contributed by atoms with Crippen molar-refractivity contribution in [2.75, 3.05) is 0 Å². The number of aromatic nitrogens is 3. The Bertz CT molecular complexity index is 861. The third kappa shape index (κ3) is 2.96. The highest BCUT2D eigenvalue weighted by atomic mass is 79.9. The molecule has 2 aromatic heterocycles. The number of halogens is 1. The van der Waals surface area contributed by atoms with Gasteiger partial charge in [0.2, 0.25) is 0 Å². The van der Waals surface area contributed by atoms with Crippen LogP contribution in [0, 0.1) is 0 Å². The number of benzene rings is 1. The van der Waals surface area contributed by atoms with Gasteiger partial charge in [0.25, 0.3) is 11.8 Å². The molecule has 8 heteroatoms. The molecule has 0 spiro atoms. The standard InChI is InChI=1S/C14H10BrN5O2/c15-8-5-11(16-6-8)13(21)19-20-14(22)12-7-17-9-3-1-2-4-10(9)18-12/h1-7,16H,(H,19,21)(H,20,22). The maximum absolute atomic E-state index is 12.0. The Morgan fingerprint density at radius 3 is 2.55 bits per heavy atom. The van der Waals surface area contributed by atoms with E-state index in [1.165, 1.54) is 6.20 Å². The fourth-order valence-electron chi connectivity index (χ4n) is 1.81. The molecule has 0 saturated heterocycles. The van der Waals surface area contributed by atoms with E-state index in [1.807, 2.05) is 12.1 Å². The Morgan fingerprint density at radius 1 is 1.09 bits per heavy atom.